The SMILES string of the molecule is CC(c1ccc(F)cc1)N(C)C(=O)c1cccc(S(=O)(=O)NCc2ccccc2)c1. The van der Waals surface area contributed by atoms with Crippen LogP contribution < -0.4 is 4.72 Å². The van der Waals surface area contributed by atoms with Crippen molar-refractivity contribution in [2.75, 3.05) is 7.05 Å². The van der Waals surface area contributed by atoms with E-state index >= 15 is 0 Å². The Hall–Kier alpha value is -3.03. The number of sulfonamides is 1. The molecule has 3 aromatic carbocycles. The molecule has 156 valence electrons. The fourth-order valence-corrected chi connectivity index (χ4v) is 4.06. The predicted octanol–water partition coefficient (Wildman–Crippen LogP) is 4.14. The summed E-state index contributed by atoms with van der Waals surface area (Å²) >= 11 is 0. The summed E-state index contributed by atoms with van der Waals surface area (Å²) < 4.78 is 41.0. The fourth-order valence-electron chi connectivity index (χ4n) is 3.00. The summed E-state index contributed by atoms with van der Waals surface area (Å²) in [5.74, 6) is -0.673. The van der Waals surface area contributed by atoms with Crippen LogP contribution >= 0.6 is 0 Å². The Labute approximate surface area is 176 Å². The largest absolute Gasteiger partial charge is 0.335 e. The van der Waals surface area contributed by atoms with Gasteiger partial charge in [-0.3, -0.25) is 4.79 Å². The summed E-state index contributed by atoms with van der Waals surface area (Å²) in [7, 11) is -2.15. The molecule has 0 aliphatic rings. The Morgan fingerprint density at radius 3 is 2.33 bits per heavy atom. The zero-order chi connectivity index (χ0) is 21.7. The van der Waals surface area contributed by atoms with Crippen LogP contribution in [0.1, 0.15) is 34.5 Å². The molecular formula is C23H23FN2O3S. The molecule has 0 saturated heterocycles. The van der Waals surface area contributed by atoms with Gasteiger partial charge in [-0.25, -0.2) is 17.5 Å². The van der Waals surface area contributed by atoms with E-state index in [9.17, 15) is 17.6 Å². The van der Waals surface area contributed by atoms with Crippen molar-refractivity contribution in [2.24, 2.45) is 0 Å². The van der Waals surface area contributed by atoms with Crippen molar-refractivity contribution < 1.29 is 17.6 Å². The second-order valence-electron chi connectivity index (χ2n) is 6.98. The molecule has 0 heterocycles. The van der Waals surface area contributed by atoms with E-state index in [1.165, 1.54) is 29.2 Å². The summed E-state index contributed by atoms with van der Waals surface area (Å²) in [5, 5.41) is 0. The van der Waals surface area contributed by atoms with Gasteiger partial charge in [0.1, 0.15) is 5.82 Å². The minimum absolute atomic E-state index is 0.0205. The molecule has 0 bridgehead atoms. The summed E-state index contributed by atoms with van der Waals surface area (Å²) in [5.41, 5.74) is 1.87. The fraction of sp³-hybridized carbons (Fsp3) is 0.174. The van der Waals surface area contributed by atoms with Crippen molar-refractivity contribution >= 4 is 15.9 Å². The Morgan fingerprint density at radius 2 is 1.67 bits per heavy atom. The molecule has 3 rings (SSSR count). The molecule has 1 amide bonds. The molecule has 1 N–H and O–H groups in total. The van der Waals surface area contributed by atoms with Crippen LogP contribution in [0.5, 0.6) is 0 Å². The van der Waals surface area contributed by atoms with E-state index < -0.39 is 10.0 Å². The van der Waals surface area contributed by atoms with Gasteiger partial charge in [0.05, 0.1) is 10.9 Å². The first-order valence-electron chi connectivity index (χ1n) is 9.44. The summed E-state index contributed by atoms with van der Waals surface area (Å²) in [6.45, 7) is 1.98. The lowest BCUT2D eigenvalue weighted by Crippen LogP contribution is -2.30. The van der Waals surface area contributed by atoms with E-state index in [1.807, 2.05) is 37.3 Å². The highest BCUT2D eigenvalue weighted by molar-refractivity contribution is 7.89. The third-order valence-corrected chi connectivity index (χ3v) is 6.35. The molecule has 0 radical (unpaired) electrons. The van der Waals surface area contributed by atoms with E-state index in [1.54, 1.807) is 31.3 Å². The smallest absolute Gasteiger partial charge is 0.254 e. The second-order valence-corrected chi connectivity index (χ2v) is 8.75. The first-order chi connectivity index (χ1) is 14.3. The van der Waals surface area contributed by atoms with Gasteiger partial charge in [0, 0.05) is 19.2 Å². The Bertz CT molecular complexity index is 1120. The number of halogens is 1. The van der Waals surface area contributed by atoms with Crippen molar-refractivity contribution in [1.29, 1.82) is 0 Å². The lowest BCUT2D eigenvalue weighted by atomic mass is 10.1. The second kappa shape index (κ2) is 9.19. The summed E-state index contributed by atoms with van der Waals surface area (Å²) in [6.07, 6.45) is 0. The number of carbonyl (C=O) groups is 1. The van der Waals surface area contributed by atoms with Crippen molar-refractivity contribution in [3.8, 4) is 0 Å². The van der Waals surface area contributed by atoms with Crippen LogP contribution in [0.3, 0.4) is 0 Å². The highest BCUT2D eigenvalue weighted by Crippen LogP contribution is 2.22. The number of hydrogen-bond acceptors (Lipinski definition) is 3. The van der Waals surface area contributed by atoms with Gasteiger partial charge in [0.15, 0.2) is 0 Å². The van der Waals surface area contributed by atoms with Crippen LogP contribution in [0.25, 0.3) is 0 Å². The molecule has 1 atom stereocenters. The molecular weight excluding hydrogens is 403 g/mol. The van der Waals surface area contributed by atoms with E-state index in [4.69, 9.17) is 0 Å². The number of nitrogens with zero attached hydrogens (tertiary/aromatic N) is 1. The van der Waals surface area contributed by atoms with E-state index in [-0.39, 0.29) is 34.8 Å². The molecule has 30 heavy (non-hydrogen) atoms. The van der Waals surface area contributed by atoms with Crippen LogP contribution in [0, 0.1) is 5.82 Å². The van der Waals surface area contributed by atoms with Gasteiger partial charge in [-0.15, -0.1) is 0 Å². The average Bonchev–Trinajstić information content (AvgIpc) is 2.77. The molecule has 0 fully saturated rings. The molecule has 3 aromatic rings. The van der Waals surface area contributed by atoms with Gasteiger partial charge in [-0.2, -0.15) is 0 Å². The van der Waals surface area contributed by atoms with Crippen LogP contribution in [-0.2, 0) is 16.6 Å². The Morgan fingerprint density at radius 1 is 1.00 bits per heavy atom. The maximum Gasteiger partial charge on any atom is 0.254 e. The van der Waals surface area contributed by atoms with Crippen molar-refractivity contribution in [3.05, 3.63) is 101 Å². The molecule has 0 spiro atoms. The number of hydrogen-bond donors (Lipinski definition) is 1. The molecule has 5 nitrogen and oxygen atoms in total. The van der Waals surface area contributed by atoms with Gasteiger partial charge in [0.2, 0.25) is 10.0 Å². The minimum Gasteiger partial charge on any atom is -0.335 e. The van der Waals surface area contributed by atoms with Crippen LogP contribution in [0.15, 0.2) is 83.8 Å². The number of carbonyl (C=O) groups excluding carboxylic acids is 1. The zero-order valence-electron chi connectivity index (χ0n) is 16.7. The maximum atomic E-state index is 13.2. The van der Waals surface area contributed by atoms with E-state index in [0.717, 1.165) is 11.1 Å². The number of nitrogens with one attached hydrogen (secondary N) is 1. The Balaban J connectivity index is 1.76. The first kappa shape index (κ1) is 21.7. The average molecular weight is 427 g/mol. The monoisotopic (exact) mass is 426 g/mol. The predicted molar refractivity (Wildman–Crippen MR) is 114 cm³/mol. The summed E-state index contributed by atoms with van der Waals surface area (Å²) in [4.78, 5) is 14.4. The summed E-state index contributed by atoms with van der Waals surface area (Å²) in [6, 6.07) is 20.7. The number of benzene rings is 3. The molecule has 0 aliphatic carbocycles. The zero-order valence-corrected chi connectivity index (χ0v) is 17.6. The standard InChI is InChI=1S/C23H23FN2O3S/c1-17(19-11-13-21(24)14-12-19)26(2)23(27)20-9-6-10-22(15-20)30(28,29)25-16-18-7-4-3-5-8-18/h3-15,17,25H,16H2,1-2H3. The van der Waals surface area contributed by atoms with Gasteiger partial charge in [-0.1, -0.05) is 48.5 Å². The molecule has 1 unspecified atom stereocenters. The van der Waals surface area contributed by atoms with Crippen LogP contribution in [0.2, 0.25) is 0 Å². The van der Waals surface area contributed by atoms with Gasteiger partial charge < -0.3 is 4.90 Å². The van der Waals surface area contributed by atoms with Gasteiger partial charge >= 0.3 is 0 Å². The lowest BCUT2D eigenvalue weighted by molar-refractivity contribution is 0.0742. The molecule has 0 aromatic heterocycles. The molecule has 0 saturated carbocycles. The van der Waals surface area contributed by atoms with Crippen molar-refractivity contribution in [1.82, 2.24) is 9.62 Å². The topological polar surface area (TPSA) is 66.5 Å². The van der Waals surface area contributed by atoms with Gasteiger partial charge in [0.25, 0.3) is 5.91 Å². The van der Waals surface area contributed by atoms with Gasteiger partial charge in [-0.05, 0) is 48.4 Å². The van der Waals surface area contributed by atoms with E-state index in [0.29, 0.717) is 0 Å². The number of rotatable bonds is 7. The normalized spacial score (nSPS) is 12.4. The molecule has 0 aliphatic heterocycles. The lowest BCUT2D eigenvalue weighted by Gasteiger charge is -2.25. The van der Waals surface area contributed by atoms with Crippen molar-refractivity contribution in [2.45, 2.75) is 24.4 Å². The minimum atomic E-state index is -3.78. The first-order valence-corrected chi connectivity index (χ1v) is 10.9. The number of amides is 1. The highest BCUT2D eigenvalue weighted by atomic mass is 32.2. The maximum absolute atomic E-state index is 13.2. The Kier molecular flexibility index (Phi) is 6.64. The third-order valence-electron chi connectivity index (χ3n) is 4.95. The van der Waals surface area contributed by atoms with Crippen molar-refractivity contribution in [3.63, 3.8) is 0 Å². The highest BCUT2D eigenvalue weighted by Gasteiger charge is 2.21. The van der Waals surface area contributed by atoms with Crippen LogP contribution in [0.4, 0.5) is 4.39 Å². The quantitative estimate of drug-likeness (QED) is 0.618. The van der Waals surface area contributed by atoms with E-state index in [2.05, 4.69) is 4.72 Å². The van der Waals surface area contributed by atoms with Crippen LogP contribution in [-0.4, -0.2) is 26.3 Å². The third kappa shape index (κ3) is 5.11. The molecule has 7 heteroatoms.